The van der Waals surface area contributed by atoms with Crippen LogP contribution in [0.15, 0.2) is 24.3 Å². The fourth-order valence-electron chi connectivity index (χ4n) is 2.73. The second-order valence-corrected chi connectivity index (χ2v) is 6.39. The summed E-state index contributed by atoms with van der Waals surface area (Å²) in [5, 5.41) is 3.86. The molecule has 21 heavy (non-hydrogen) atoms. The van der Waals surface area contributed by atoms with Crippen molar-refractivity contribution in [1.29, 1.82) is 0 Å². The van der Waals surface area contributed by atoms with Crippen LogP contribution in [0.5, 0.6) is 0 Å². The molecule has 2 aliphatic rings. The first-order valence-electron chi connectivity index (χ1n) is 7.68. The first-order chi connectivity index (χ1) is 10.1. The lowest BCUT2D eigenvalue weighted by Gasteiger charge is -2.38. The third-order valence-corrected chi connectivity index (χ3v) is 4.61. The Kier molecular flexibility index (Phi) is 4.36. The molecule has 1 aromatic rings. The van der Waals surface area contributed by atoms with Gasteiger partial charge >= 0.3 is 0 Å². The van der Waals surface area contributed by atoms with Crippen molar-refractivity contribution in [3.63, 3.8) is 0 Å². The molecule has 1 unspecified atom stereocenters. The summed E-state index contributed by atoms with van der Waals surface area (Å²) < 4.78 is 0. The maximum absolute atomic E-state index is 12.1. The number of anilines is 1. The topological polar surface area (TPSA) is 35.6 Å². The van der Waals surface area contributed by atoms with E-state index in [2.05, 4.69) is 27.2 Å². The molecule has 1 amide bonds. The SMILES string of the molecule is CC(C(=O)NC1CC1)N1CCN(c2ccc(Cl)cc2)CC1. The number of nitrogens with zero attached hydrogens (tertiary/aromatic N) is 2. The van der Waals surface area contributed by atoms with Crippen LogP contribution in [0.25, 0.3) is 0 Å². The molecule has 1 aliphatic carbocycles. The normalized spacial score (nSPS) is 21.1. The van der Waals surface area contributed by atoms with Crippen LogP contribution < -0.4 is 10.2 Å². The van der Waals surface area contributed by atoms with Crippen molar-refractivity contribution in [1.82, 2.24) is 10.2 Å². The number of hydrogen-bond acceptors (Lipinski definition) is 3. The first kappa shape index (κ1) is 14.7. The number of piperazine rings is 1. The van der Waals surface area contributed by atoms with Gasteiger partial charge in [0.05, 0.1) is 6.04 Å². The average molecular weight is 308 g/mol. The molecule has 1 atom stereocenters. The first-order valence-corrected chi connectivity index (χ1v) is 8.06. The highest BCUT2D eigenvalue weighted by Crippen LogP contribution is 2.21. The molecule has 114 valence electrons. The fourth-order valence-corrected chi connectivity index (χ4v) is 2.86. The Morgan fingerprint density at radius 3 is 2.38 bits per heavy atom. The van der Waals surface area contributed by atoms with Crippen LogP contribution in [0.3, 0.4) is 0 Å². The molecule has 3 rings (SSSR count). The number of benzene rings is 1. The summed E-state index contributed by atoms with van der Waals surface area (Å²) in [6.45, 7) is 5.74. The molecule has 1 aromatic carbocycles. The van der Waals surface area contributed by atoms with E-state index in [-0.39, 0.29) is 11.9 Å². The molecule has 0 spiro atoms. The van der Waals surface area contributed by atoms with Crippen LogP contribution >= 0.6 is 11.6 Å². The predicted molar refractivity (Wildman–Crippen MR) is 85.9 cm³/mol. The van der Waals surface area contributed by atoms with Gasteiger partial charge in [-0.25, -0.2) is 0 Å². The molecule has 1 aliphatic heterocycles. The standard InChI is InChI=1S/C16H22ClN3O/c1-12(16(21)18-14-4-5-14)19-8-10-20(11-9-19)15-6-2-13(17)3-7-15/h2-3,6-7,12,14H,4-5,8-11H2,1H3,(H,18,21). The average Bonchev–Trinajstić information content (AvgIpc) is 3.31. The van der Waals surface area contributed by atoms with Gasteiger partial charge in [-0.05, 0) is 44.0 Å². The molecule has 0 aromatic heterocycles. The van der Waals surface area contributed by atoms with Gasteiger partial charge in [0, 0.05) is 42.9 Å². The van der Waals surface area contributed by atoms with E-state index in [1.54, 1.807) is 0 Å². The highest BCUT2D eigenvalue weighted by atomic mass is 35.5. The van der Waals surface area contributed by atoms with Crippen LogP contribution in [0.2, 0.25) is 5.02 Å². The molecule has 1 N–H and O–H groups in total. The number of amides is 1. The fraction of sp³-hybridized carbons (Fsp3) is 0.562. The molecule has 0 radical (unpaired) electrons. The Labute approximate surface area is 131 Å². The molecule has 5 heteroatoms. The summed E-state index contributed by atoms with van der Waals surface area (Å²) in [7, 11) is 0. The summed E-state index contributed by atoms with van der Waals surface area (Å²) in [5.41, 5.74) is 1.20. The van der Waals surface area contributed by atoms with Crippen molar-refractivity contribution >= 4 is 23.2 Å². The molecular weight excluding hydrogens is 286 g/mol. The Morgan fingerprint density at radius 1 is 1.19 bits per heavy atom. The maximum Gasteiger partial charge on any atom is 0.237 e. The maximum atomic E-state index is 12.1. The van der Waals surface area contributed by atoms with E-state index in [4.69, 9.17) is 11.6 Å². The van der Waals surface area contributed by atoms with E-state index in [0.717, 1.165) is 44.0 Å². The lowest BCUT2D eigenvalue weighted by molar-refractivity contribution is -0.126. The van der Waals surface area contributed by atoms with Crippen molar-refractivity contribution in [3.8, 4) is 0 Å². The minimum Gasteiger partial charge on any atom is -0.369 e. The number of hydrogen-bond donors (Lipinski definition) is 1. The second-order valence-electron chi connectivity index (χ2n) is 5.96. The van der Waals surface area contributed by atoms with Crippen molar-refractivity contribution in [2.24, 2.45) is 0 Å². The minimum absolute atomic E-state index is 0.0297. The smallest absolute Gasteiger partial charge is 0.237 e. The van der Waals surface area contributed by atoms with Gasteiger partial charge in [-0.1, -0.05) is 11.6 Å². The minimum atomic E-state index is -0.0297. The molecule has 1 saturated carbocycles. The van der Waals surface area contributed by atoms with Crippen LogP contribution in [0.4, 0.5) is 5.69 Å². The van der Waals surface area contributed by atoms with E-state index in [9.17, 15) is 4.79 Å². The zero-order valence-electron chi connectivity index (χ0n) is 12.4. The van der Waals surface area contributed by atoms with Crippen LogP contribution in [-0.2, 0) is 4.79 Å². The molecule has 0 bridgehead atoms. The Balaban J connectivity index is 1.52. The number of carbonyl (C=O) groups excluding carboxylic acids is 1. The van der Waals surface area contributed by atoms with Crippen molar-refractivity contribution in [3.05, 3.63) is 29.3 Å². The zero-order chi connectivity index (χ0) is 14.8. The number of rotatable bonds is 4. The largest absolute Gasteiger partial charge is 0.369 e. The van der Waals surface area contributed by atoms with Crippen LogP contribution in [-0.4, -0.2) is 49.1 Å². The summed E-state index contributed by atoms with van der Waals surface area (Å²) in [6, 6.07) is 8.38. The number of halogens is 1. The molecule has 4 nitrogen and oxygen atoms in total. The van der Waals surface area contributed by atoms with Gasteiger partial charge in [0.1, 0.15) is 0 Å². The van der Waals surface area contributed by atoms with Crippen molar-refractivity contribution in [2.45, 2.75) is 31.8 Å². The number of nitrogens with one attached hydrogen (secondary N) is 1. The summed E-state index contributed by atoms with van der Waals surface area (Å²) in [5.74, 6) is 0.178. The summed E-state index contributed by atoms with van der Waals surface area (Å²) in [4.78, 5) is 16.7. The summed E-state index contributed by atoms with van der Waals surface area (Å²) >= 11 is 5.93. The van der Waals surface area contributed by atoms with E-state index in [0.29, 0.717) is 6.04 Å². The Morgan fingerprint density at radius 2 is 1.81 bits per heavy atom. The lowest BCUT2D eigenvalue weighted by atomic mass is 10.2. The van der Waals surface area contributed by atoms with Gasteiger partial charge in [-0.2, -0.15) is 0 Å². The quantitative estimate of drug-likeness (QED) is 0.925. The second kappa shape index (κ2) is 6.24. The van der Waals surface area contributed by atoms with E-state index in [1.165, 1.54) is 5.69 Å². The van der Waals surface area contributed by atoms with Crippen LogP contribution in [0, 0.1) is 0 Å². The van der Waals surface area contributed by atoms with Gasteiger partial charge in [0.15, 0.2) is 0 Å². The molecular formula is C16H22ClN3O. The highest BCUT2D eigenvalue weighted by molar-refractivity contribution is 6.30. The van der Waals surface area contributed by atoms with Gasteiger partial charge in [-0.15, -0.1) is 0 Å². The van der Waals surface area contributed by atoms with Crippen LogP contribution in [0.1, 0.15) is 19.8 Å². The summed E-state index contributed by atoms with van der Waals surface area (Å²) in [6.07, 6.45) is 2.28. The van der Waals surface area contributed by atoms with Gasteiger partial charge in [0.2, 0.25) is 5.91 Å². The molecule has 2 fully saturated rings. The third kappa shape index (κ3) is 3.69. The Hall–Kier alpha value is -1.26. The molecule has 1 heterocycles. The monoisotopic (exact) mass is 307 g/mol. The van der Waals surface area contributed by atoms with Gasteiger partial charge in [0.25, 0.3) is 0 Å². The van der Waals surface area contributed by atoms with Crippen molar-refractivity contribution < 1.29 is 4.79 Å². The lowest BCUT2D eigenvalue weighted by Crippen LogP contribution is -2.54. The van der Waals surface area contributed by atoms with E-state index >= 15 is 0 Å². The van der Waals surface area contributed by atoms with Gasteiger partial charge < -0.3 is 10.2 Å². The molecule has 1 saturated heterocycles. The third-order valence-electron chi connectivity index (χ3n) is 4.36. The van der Waals surface area contributed by atoms with Crippen molar-refractivity contribution in [2.75, 3.05) is 31.1 Å². The number of carbonyl (C=O) groups is 1. The van der Waals surface area contributed by atoms with Gasteiger partial charge in [-0.3, -0.25) is 9.69 Å². The Bertz CT molecular complexity index is 493. The predicted octanol–water partition coefficient (Wildman–Crippen LogP) is 2.13. The zero-order valence-corrected chi connectivity index (χ0v) is 13.1. The van der Waals surface area contributed by atoms with E-state index in [1.807, 2.05) is 19.1 Å². The highest BCUT2D eigenvalue weighted by Gasteiger charge is 2.29. The van der Waals surface area contributed by atoms with E-state index < -0.39 is 0 Å².